The summed E-state index contributed by atoms with van der Waals surface area (Å²) in [6.45, 7) is 7.68. The lowest BCUT2D eigenvalue weighted by Crippen LogP contribution is -2.41. The van der Waals surface area contributed by atoms with E-state index < -0.39 is 5.41 Å². The SMILES string of the molecule is CC(C)C1CC(=O)N(CN(C)OCCC(C)(C)C(=O)NCC=O)C1=O. The molecule has 25 heavy (non-hydrogen) atoms. The highest BCUT2D eigenvalue weighted by Crippen LogP contribution is 2.26. The molecular weight excluding hydrogens is 326 g/mol. The van der Waals surface area contributed by atoms with Crippen LogP contribution in [0.3, 0.4) is 0 Å². The van der Waals surface area contributed by atoms with Crippen LogP contribution in [-0.2, 0) is 24.0 Å². The molecule has 1 aliphatic heterocycles. The molecule has 3 amide bonds. The van der Waals surface area contributed by atoms with Gasteiger partial charge in [-0.25, -0.2) is 0 Å². The van der Waals surface area contributed by atoms with E-state index in [4.69, 9.17) is 4.84 Å². The van der Waals surface area contributed by atoms with Crippen molar-refractivity contribution in [1.29, 1.82) is 0 Å². The zero-order valence-corrected chi connectivity index (χ0v) is 15.7. The number of hydroxylamine groups is 2. The number of likely N-dealkylation sites (tertiary alicyclic amines) is 1. The van der Waals surface area contributed by atoms with Gasteiger partial charge >= 0.3 is 0 Å². The number of imide groups is 1. The molecule has 0 aliphatic carbocycles. The summed E-state index contributed by atoms with van der Waals surface area (Å²) in [5.74, 6) is -0.716. The number of nitrogens with one attached hydrogen (secondary N) is 1. The summed E-state index contributed by atoms with van der Waals surface area (Å²) in [6.07, 6.45) is 1.31. The predicted octanol–water partition coefficient (Wildman–Crippen LogP) is 0.570. The number of carbonyl (C=O) groups excluding carboxylic acids is 4. The second-order valence-electron chi connectivity index (χ2n) is 7.33. The van der Waals surface area contributed by atoms with E-state index in [9.17, 15) is 19.2 Å². The zero-order valence-electron chi connectivity index (χ0n) is 15.7. The number of carbonyl (C=O) groups is 4. The average molecular weight is 355 g/mol. The van der Waals surface area contributed by atoms with E-state index in [-0.39, 0.29) is 55.8 Å². The Bertz CT molecular complexity index is 518. The molecule has 1 fully saturated rings. The van der Waals surface area contributed by atoms with Gasteiger partial charge in [0.25, 0.3) is 0 Å². The Morgan fingerprint density at radius 2 is 2.08 bits per heavy atom. The molecule has 0 radical (unpaired) electrons. The fourth-order valence-electron chi connectivity index (χ4n) is 2.56. The van der Waals surface area contributed by atoms with Crippen molar-refractivity contribution in [3.63, 3.8) is 0 Å². The maximum Gasteiger partial charge on any atom is 0.234 e. The van der Waals surface area contributed by atoms with Gasteiger partial charge in [-0.2, -0.15) is 5.06 Å². The number of nitrogens with zero attached hydrogens (tertiary/aromatic N) is 2. The van der Waals surface area contributed by atoms with Crippen LogP contribution in [0.2, 0.25) is 0 Å². The van der Waals surface area contributed by atoms with Crippen molar-refractivity contribution in [2.75, 3.05) is 26.9 Å². The summed E-state index contributed by atoms with van der Waals surface area (Å²) in [6, 6.07) is 0. The molecule has 1 rings (SSSR count). The van der Waals surface area contributed by atoms with E-state index in [1.54, 1.807) is 20.9 Å². The fourth-order valence-corrected chi connectivity index (χ4v) is 2.56. The molecule has 0 aromatic heterocycles. The third-order valence-corrected chi connectivity index (χ3v) is 4.42. The van der Waals surface area contributed by atoms with E-state index in [1.165, 1.54) is 9.96 Å². The fraction of sp³-hybridized carbons (Fsp3) is 0.765. The van der Waals surface area contributed by atoms with Crippen molar-refractivity contribution in [3.8, 4) is 0 Å². The van der Waals surface area contributed by atoms with Gasteiger partial charge in [-0.05, 0) is 12.3 Å². The van der Waals surface area contributed by atoms with Crippen molar-refractivity contribution in [1.82, 2.24) is 15.3 Å². The third-order valence-electron chi connectivity index (χ3n) is 4.42. The van der Waals surface area contributed by atoms with E-state index in [1.807, 2.05) is 13.8 Å². The van der Waals surface area contributed by atoms with Crippen LogP contribution in [0.1, 0.15) is 40.5 Å². The average Bonchev–Trinajstić information content (AvgIpc) is 2.80. The minimum absolute atomic E-state index is 0.0147. The monoisotopic (exact) mass is 355 g/mol. The maximum atomic E-state index is 12.3. The van der Waals surface area contributed by atoms with Crippen LogP contribution in [0.15, 0.2) is 0 Å². The van der Waals surface area contributed by atoms with Gasteiger partial charge in [-0.15, -0.1) is 0 Å². The van der Waals surface area contributed by atoms with Crippen LogP contribution >= 0.6 is 0 Å². The minimum atomic E-state index is -0.689. The maximum absolute atomic E-state index is 12.3. The molecule has 0 spiro atoms. The minimum Gasteiger partial charge on any atom is -0.349 e. The number of hydrogen-bond acceptors (Lipinski definition) is 6. The first-order chi connectivity index (χ1) is 11.6. The number of rotatable bonds is 10. The molecule has 0 aromatic carbocycles. The van der Waals surface area contributed by atoms with Gasteiger partial charge in [0.15, 0.2) is 0 Å². The van der Waals surface area contributed by atoms with Gasteiger partial charge < -0.3 is 10.1 Å². The summed E-state index contributed by atoms with van der Waals surface area (Å²) >= 11 is 0. The zero-order chi connectivity index (χ0) is 19.2. The van der Waals surface area contributed by atoms with E-state index in [0.29, 0.717) is 12.7 Å². The highest BCUT2D eigenvalue weighted by atomic mass is 16.7. The summed E-state index contributed by atoms with van der Waals surface area (Å²) < 4.78 is 0. The molecule has 8 heteroatoms. The molecule has 1 N–H and O–H groups in total. The topological polar surface area (TPSA) is 96.0 Å². The van der Waals surface area contributed by atoms with Gasteiger partial charge in [0, 0.05) is 24.8 Å². The van der Waals surface area contributed by atoms with E-state index in [0.717, 1.165) is 0 Å². The molecule has 0 bridgehead atoms. The molecule has 1 heterocycles. The normalized spacial score (nSPS) is 18.4. The molecule has 0 aromatic rings. The smallest absolute Gasteiger partial charge is 0.234 e. The second kappa shape index (κ2) is 9.05. The lowest BCUT2D eigenvalue weighted by atomic mass is 9.89. The Morgan fingerprint density at radius 1 is 1.44 bits per heavy atom. The molecule has 1 atom stereocenters. The molecule has 0 saturated carbocycles. The van der Waals surface area contributed by atoms with Crippen molar-refractivity contribution >= 4 is 24.0 Å². The molecule has 1 aliphatic rings. The van der Waals surface area contributed by atoms with Crippen LogP contribution in [0, 0.1) is 17.3 Å². The summed E-state index contributed by atoms with van der Waals surface area (Å²) in [5, 5.41) is 3.95. The van der Waals surface area contributed by atoms with Gasteiger partial charge in [0.05, 0.1) is 13.2 Å². The quantitative estimate of drug-likeness (QED) is 0.350. The van der Waals surface area contributed by atoms with Crippen LogP contribution in [0.5, 0.6) is 0 Å². The highest BCUT2D eigenvalue weighted by Gasteiger charge is 2.40. The van der Waals surface area contributed by atoms with Crippen LogP contribution < -0.4 is 5.32 Å². The Kier molecular flexibility index (Phi) is 7.69. The molecular formula is C17H29N3O5. The summed E-state index contributed by atoms with van der Waals surface area (Å²) in [7, 11) is 1.64. The van der Waals surface area contributed by atoms with Gasteiger partial charge in [0.1, 0.15) is 13.0 Å². The van der Waals surface area contributed by atoms with Gasteiger partial charge in [0.2, 0.25) is 17.7 Å². The number of amides is 3. The van der Waals surface area contributed by atoms with Crippen LogP contribution in [-0.4, -0.2) is 60.8 Å². The first-order valence-corrected chi connectivity index (χ1v) is 8.50. The molecule has 142 valence electrons. The Hall–Kier alpha value is -1.80. The van der Waals surface area contributed by atoms with E-state index >= 15 is 0 Å². The Balaban J connectivity index is 2.43. The second-order valence-corrected chi connectivity index (χ2v) is 7.33. The molecule has 8 nitrogen and oxygen atoms in total. The van der Waals surface area contributed by atoms with Crippen LogP contribution in [0.4, 0.5) is 0 Å². The van der Waals surface area contributed by atoms with Crippen molar-refractivity contribution in [2.24, 2.45) is 17.3 Å². The van der Waals surface area contributed by atoms with Crippen LogP contribution in [0.25, 0.3) is 0 Å². The van der Waals surface area contributed by atoms with E-state index in [2.05, 4.69) is 5.32 Å². The molecule has 1 unspecified atom stereocenters. The lowest BCUT2D eigenvalue weighted by Gasteiger charge is -2.26. The summed E-state index contributed by atoms with van der Waals surface area (Å²) in [4.78, 5) is 53.2. The van der Waals surface area contributed by atoms with Crippen molar-refractivity contribution in [2.45, 2.75) is 40.5 Å². The first kappa shape index (κ1) is 21.2. The number of aldehydes is 1. The Labute approximate surface area is 148 Å². The molecule has 1 saturated heterocycles. The third kappa shape index (κ3) is 5.89. The van der Waals surface area contributed by atoms with Crippen molar-refractivity contribution in [3.05, 3.63) is 0 Å². The van der Waals surface area contributed by atoms with Gasteiger partial charge in [-0.3, -0.25) is 24.1 Å². The number of hydrogen-bond donors (Lipinski definition) is 1. The lowest BCUT2D eigenvalue weighted by molar-refractivity contribution is -0.179. The van der Waals surface area contributed by atoms with Gasteiger partial charge in [-0.1, -0.05) is 27.7 Å². The standard InChI is InChI=1S/C17H29N3O5/c1-12(2)13-10-14(22)20(15(13)23)11-19(5)25-9-6-17(3,4)16(24)18-7-8-21/h8,12-13H,6-7,9-11H2,1-5H3,(H,18,24). The first-order valence-electron chi connectivity index (χ1n) is 8.50. The largest absolute Gasteiger partial charge is 0.349 e. The Morgan fingerprint density at radius 3 is 2.60 bits per heavy atom. The summed E-state index contributed by atoms with van der Waals surface area (Å²) in [5.41, 5.74) is -0.689. The highest BCUT2D eigenvalue weighted by molar-refractivity contribution is 6.03. The van der Waals surface area contributed by atoms with Crippen molar-refractivity contribution < 1.29 is 24.0 Å². The predicted molar refractivity (Wildman–Crippen MR) is 90.9 cm³/mol.